The normalized spacial score (nSPS) is 12.1. The smallest absolute Gasteiger partial charge is 0.335 e. The number of carboxylic acids is 1. The van der Waals surface area contributed by atoms with Crippen molar-refractivity contribution in [2.75, 3.05) is 13.2 Å². The first-order chi connectivity index (χ1) is 12.0. The van der Waals surface area contributed by atoms with E-state index in [0.29, 0.717) is 30.5 Å². The maximum Gasteiger partial charge on any atom is 0.335 e. The SMILES string of the molecule is CC(C)COCC(NC(=O)Cc1cccc(C(=O)O)c1)c1ccco1. The molecule has 0 saturated carbocycles. The Bertz CT molecular complexity index is 694. The van der Waals surface area contributed by atoms with Gasteiger partial charge in [0.25, 0.3) is 0 Å². The molecule has 2 aromatic rings. The van der Waals surface area contributed by atoms with Crippen LogP contribution in [-0.2, 0) is 16.0 Å². The van der Waals surface area contributed by atoms with Crippen molar-refractivity contribution in [1.82, 2.24) is 5.32 Å². The van der Waals surface area contributed by atoms with E-state index in [0.717, 1.165) is 0 Å². The lowest BCUT2D eigenvalue weighted by Gasteiger charge is -2.18. The summed E-state index contributed by atoms with van der Waals surface area (Å²) in [4.78, 5) is 23.4. The Balaban J connectivity index is 1.99. The fourth-order valence-electron chi connectivity index (χ4n) is 2.35. The van der Waals surface area contributed by atoms with Crippen molar-refractivity contribution in [3.63, 3.8) is 0 Å². The summed E-state index contributed by atoms with van der Waals surface area (Å²) in [5.74, 6) is -0.224. The van der Waals surface area contributed by atoms with E-state index in [1.165, 1.54) is 12.1 Å². The van der Waals surface area contributed by atoms with Gasteiger partial charge in [0.2, 0.25) is 5.91 Å². The Morgan fingerprint density at radius 1 is 1.20 bits per heavy atom. The van der Waals surface area contributed by atoms with Crippen LogP contribution >= 0.6 is 0 Å². The van der Waals surface area contributed by atoms with E-state index in [4.69, 9.17) is 14.3 Å². The molecular formula is C19H23NO5. The topological polar surface area (TPSA) is 88.8 Å². The molecule has 1 atom stereocenters. The van der Waals surface area contributed by atoms with Gasteiger partial charge in [-0.2, -0.15) is 0 Å². The third kappa shape index (κ3) is 6.08. The minimum absolute atomic E-state index is 0.0858. The minimum atomic E-state index is -1.02. The highest BCUT2D eigenvalue weighted by Gasteiger charge is 2.18. The second kappa shape index (κ2) is 9.03. The van der Waals surface area contributed by atoms with E-state index in [9.17, 15) is 9.59 Å². The lowest BCUT2D eigenvalue weighted by Crippen LogP contribution is -2.32. The molecule has 25 heavy (non-hydrogen) atoms. The summed E-state index contributed by atoms with van der Waals surface area (Å²) in [6.07, 6.45) is 1.63. The molecule has 0 aliphatic rings. The van der Waals surface area contributed by atoms with Crippen molar-refractivity contribution >= 4 is 11.9 Å². The summed E-state index contributed by atoms with van der Waals surface area (Å²) in [6, 6.07) is 9.50. The third-order valence-electron chi connectivity index (χ3n) is 3.50. The highest BCUT2D eigenvalue weighted by atomic mass is 16.5. The molecule has 134 valence electrons. The van der Waals surface area contributed by atoms with E-state index in [1.807, 2.05) is 0 Å². The van der Waals surface area contributed by atoms with Crippen LogP contribution in [0.3, 0.4) is 0 Å². The standard InChI is InChI=1S/C19H23NO5/c1-13(2)11-24-12-16(17-7-4-8-25-17)20-18(21)10-14-5-3-6-15(9-14)19(22)23/h3-9,13,16H,10-12H2,1-2H3,(H,20,21)(H,22,23). The first-order valence-corrected chi connectivity index (χ1v) is 8.18. The first-order valence-electron chi connectivity index (χ1n) is 8.18. The largest absolute Gasteiger partial charge is 0.478 e. The maximum absolute atomic E-state index is 12.3. The number of nitrogens with one attached hydrogen (secondary N) is 1. The van der Waals surface area contributed by atoms with Crippen LogP contribution in [0.5, 0.6) is 0 Å². The fourth-order valence-corrected chi connectivity index (χ4v) is 2.35. The Morgan fingerprint density at radius 2 is 2.00 bits per heavy atom. The highest BCUT2D eigenvalue weighted by Crippen LogP contribution is 2.15. The lowest BCUT2D eigenvalue weighted by atomic mass is 10.1. The van der Waals surface area contributed by atoms with Gasteiger partial charge in [-0.15, -0.1) is 0 Å². The molecular weight excluding hydrogens is 322 g/mol. The molecule has 1 heterocycles. The molecule has 0 spiro atoms. The van der Waals surface area contributed by atoms with Crippen LogP contribution in [0.25, 0.3) is 0 Å². The average molecular weight is 345 g/mol. The summed E-state index contributed by atoms with van der Waals surface area (Å²) in [7, 11) is 0. The van der Waals surface area contributed by atoms with Gasteiger partial charge in [0, 0.05) is 6.61 Å². The molecule has 1 aromatic heterocycles. The number of hydrogen-bond donors (Lipinski definition) is 2. The Kier molecular flexibility index (Phi) is 6.77. The molecule has 0 bridgehead atoms. The molecule has 0 radical (unpaired) electrons. The van der Waals surface area contributed by atoms with Gasteiger partial charge < -0.3 is 19.6 Å². The second-order valence-electron chi connectivity index (χ2n) is 6.25. The van der Waals surface area contributed by atoms with Gasteiger partial charge >= 0.3 is 5.97 Å². The second-order valence-corrected chi connectivity index (χ2v) is 6.25. The van der Waals surface area contributed by atoms with Crippen molar-refractivity contribution in [3.05, 3.63) is 59.5 Å². The zero-order valence-corrected chi connectivity index (χ0v) is 14.4. The van der Waals surface area contributed by atoms with E-state index >= 15 is 0 Å². The highest BCUT2D eigenvalue weighted by molar-refractivity contribution is 5.88. The Hall–Kier alpha value is -2.60. The quantitative estimate of drug-likeness (QED) is 0.729. The van der Waals surface area contributed by atoms with E-state index in [1.54, 1.807) is 30.5 Å². The molecule has 0 aliphatic heterocycles. The van der Waals surface area contributed by atoms with Crippen molar-refractivity contribution in [2.24, 2.45) is 5.92 Å². The third-order valence-corrected chi connectivity index (χ3v) is 3.50. The van der Waals surface area contributed by atoms with Crippen LogP contribution in [-0.4, -0.2) is 30.2 Å². The summed E-state index contributed by atoms with van der Waals surface area (Å²) >= 11 is 0. The molecule has 1 unspecified atom stereocenters. The number of benzene rings is 1. The molecule has 0 saturated heterocycles. The van der Waals surface area contributed by atoms with Gasteiger partial charge in [-0.05, 0) is 35.7 Å². The lowest BCUT2D eigenvalue weighted by molar-refractivity contribution is -0.121. The molecule has 6 heteroatoms. The predicted octanol–water partition coefficient (Wildman–Crippen LogP) is 3.05. The fraction of sp³-hybridized carbons (Fsp3) is 0.368. The van der Waals surface area contributed by atoms with E-state index in [2.05, 4.69) is 19.2 Å². The van der Waals surface area contributed by atoms with Gasteiger partial charge in [0.1, 0.15) is 11.8 Å². The summed E-state index contributed by atoms with van der Waals surface area (Å²) < 4.78 is 11.0. The van der Waals surface area contributed by atoms with E-state index < -0.39 is 5.97 Å². The predicted molar refractivity (Wildman–Crippen MR) is 92.4 cm³/mol. The molecule has 6 nitrogen and oxygen atoms in total. The van der Waals surface area contributed by atoms with Crippen molar-refractivity contribution < 1.29 is 23.8 Å². The number of carboxylic acid groups (broad SMARTS) is 1. The van der Waals surface area contributed by atoms with Crippen LogP contribution in [0.15, 0.2) is 47.1 Å². The number of hydrogen-bond acceptors (Lipinski definition) is 4. The monoisotopic (exact) mass is 345 g/mol. The number of carbonyl (C=O) groups excluding carboxylic acids is 1. The van der Waals surface area contributed by atoms with Gasteiger partial charge in [0.05, 0.1) is 24.9 Å². The number of rotatable bonds is 9. The summed E-state index contributed by atoms with van der Waals surface area (Å²) in [5, 5.41) is 11.9. The van der Waals surface area contributed by atoms with Crippen LogP contribution in [0.1, 0.15) is 41.6 Å². The molecule has 0 fully saturated rings. The number of furan rings is 1. The number of aromatic carboxylic acids is 1. The van der Waals surface area contributed by atoms with Gasteiger partial charge in [-0.3, -0.25) is 4.79 Å². The maximum atomic E-state index is 12.3. The summed E-state index contributed by atoms with van der Waals surface area (Å²) in [6.45, 7) is 5.01. The zero-order valence-electron chi connectivity index (χ0n) is 14.4. The van der Waals surface area contributed by atoms with Gasteiger partial charge in [-0.25, -0.2) is 4.79 Å². The van der Waals surface area contributed by atoms with Crippen molar-refractivity contribution in [2.45, 2.75) is 26.3 Å². The number of amides is 1. The van der Waals surface area contributed by atoms with Crippen LogP contribution < -0.4 is 5.32 Å². The van der Waals surface area contributed by atoms with Crippen molar-refractivity contribution in [1.29, 1.82) is 0 Å². The van der Waals surface area contributed by atoms with Gasteiger partial charge in [0.15, 0.2) is 0 Å². The van der Waals surface area contributed by atoms with Crippen LogP contribution in [0, 0.1) is 5.92 Å². The molecule has 2 rings (SSSR count). The van der Waals surface area contributed by atoms with Crippen molar-refractivity contribution in [3.8, 4) is 0 Å². The van der Waals surface area contributed by atoms with Crippen LogP contribution in [0.4, 0.5) is 0 Å². The number of carbonyl (C=O) groups is 2. The summed E-state index contributed by atoms with van der Waals surface area (Å²) in [5.41, 5.74) is 0.798. The molecule has 1 amide bonds. The van der Waals surface area contributed by atoms with Crippen LogP contribution in [0.2, 0.25) is 0 Å². The molecule has 0 aliphatic carbocycles. The Morgan fingerprint density at radius 3 is 2.64 bits per heavy atom. The minimum Gasteiger partial charge on any atom is -0.478 e. The van der Waals surface area contributed by atoms with Gasteiger partial charge in [-0.1, -0.05) is 26.0 Å². The zero-order chi connectivity index (χ0) is 18.2. The Labute approximate surface area is 146 Å². The average Bonchev–Trinajstić information content (AvgIpc) is 3.08. The number of ether oxygens (including phenoxy) is 1. The van der Waals surface area contributed by atoms with E-state index in [-0.39, 0.29) is 23.9 Å². The molecule has 1 aromatic carbocycles. The molecule has 2 N–H and O–H groups in total. The first kappa shape index (κ1) is 18.7.